The van der Waals surface area contributed by atoms with Crippen LogP contribution in [0, 0.1) is 0 Å². The fourth-order valence-corrected chi connectivity index (χ4v) is 2.85. The molecule has 0 radical (unpaired) electrons. The third kappa shape index (κ3) is 6.44. The Morgan fingerprint density at radius 1 is 1.39 bits per heavy atom. The van der Waals surface area contributed by atoms with Crippen molar-refractivity contribution < 1.29 is 4.74 Å². The van der Waals surface area contributed by atoms with E-state index < -0.39 is 0 Å². The lowest BCUT2D eigenvalue weighted by Crippen LogP contribution is -2.23. The van der Waals surface area contributed by atoms with E-state index in [9.17, 15) is 0 Å². The molecule has 1 aromatic carbocycles. The van der Waals surface area contributed by atoms with Crippen LogP contribution in [0.25, 0.3) is 0 Å². The maximum atomic E-state index is 5.95. The molecule has 0 aliphatic heterocycles. The van der Waals surface area contributed by atoms with Crippen LogP contribution in [-0.4, -0.2) is 24.6 Å². The predicted molar refractivity (Wildman–Crippen MR) is 108 cm³/mol. The van der Waals surface area contributed by atoms with Crippen LogP contribution in [0.4, 0.5) is 5.69 Å². The first kappa shape index (κ1) is 19.9. The second-order valence-electron chi connectivity index (χ2n) is 4.81. The number of methoxy groups -OCH3 is 1. The first-order chi connectivity index (χ1) is 10.7. The number of anilines is 1. The maximum absolute atomic E-state index is 5.95. The van der Waals surface area contributed by atoms with Gasteiger partial charge in [0.2, 0.25) is 0 Å². The monoisotopic (exact) mass is 446 g/mol. The van der Waals surface area contributed by atoms with Crippen LogP contribution in [0.5, 0.6) is 0 Å². The zero-order valence-corrected chi connectivity index (χ0v) is 16.6. The highest BCUT2D eigenvalue weighted by Gasteiger charge is 2.03. The topological polar surface area (TPSA) is 72.5 Å². The van der Waals surface area contributed by atoms with Crippen molar-refractivity contribution in [1.29, 1.82) is 0 Å². The maximum Gasteiger partial charge on any atom is 0.193 e. The molecule has 0 aliphatic rings. The highest BCUT2D eigenvalue weighted by Crippen LogP contribution is 2.16. The molecule has 7 heteroatoms. The fraction of sp³-hybridized carbons (Fsp3) is 0.375. The average Bonchev–Trinajstić information content (AvgIpc) is 2.97. The quantitative estimate of drug-likeness (QED) is 0.388. The summed E-state index contributed by atoms with van der Waals surface area (Å²) in [6.45, 7) is 3.30. The van der Waals surface area contributed by atoms with E-state index in [0.29, 0.717) is 19.1 Å². The van der Waals surface area contributed by atoms with Crippen LogP contribution in [0.3, 0.4) is 0 Å². The van der Waals surface area contributed by atoms with Crippen molar-refractivity contribution >= 4 is 47.0 Å². The van der Waals surface area contributed by atoms with Gasteiger partial charge in [0.15, 0.2) is 5.96 Å². The number of nitrogens with two attached hydrogens (primary N) is 1. The van der Waals surface area contributed by atoms with Gasteiger partial charge in [0, 0.05) is 42.4 Å². The van der Waals surface area contributed by atoms with Gasteiger partial charge in [-0.2, -0.15) is 0 Å². The molecule has 0 saturated carbocycles. The second-order valence-corrected chi connectivity index (χ2v) is 6.01. The smallest absolute Gasteiger partial charge is 0.193 e. The van der Waals surface area contributed by atoms with Gasteiger partial charge in [-0.05, 0) is 12.5 Å². The van der Waals surface area contributed by atoms with Crippen LogP contribution in [0.1, 0.15) is 22.4 Å². The molecular formula is C16H23IN4OS. The van der Waals surface area contributed by atoms with Gasteiger partial charge in [0.05, 0.1) is 11.6 Å². The Morgan fingerprint density at radius 2 is 2.17 bits per heavy atom. The molecule has 23 heavy (non-hydrogen) atoms. The number of nitrogens with zero attached hydrogens (tertiary/aromatic N) is 2. The lowest BCUT2D eigenvalue weighted by atomic mass is 10.2. The molecule has 0 amide bonds. The largest absolute Gasteiger partial charge is 0.380 e. The molecule has 126 valence electrons. The molecule has 2 aromatic rings. The summed E-state index contributed by atoms with van der Waals surface area (Å²) < 4.78 is 5.17. The standard InChI is InChI=1S/C16H22N4OS.HI/c1-3-13-10-19-15(22-13)8-9-18-16(17)20-14-7-5-4-6-12(14)11-21-2;/h4-7,10H,3,8-9,11H2,1-2H3,(H3,17,18,20);1H. The summed E-state index contributed by atoms with van der Waals surface area (Å²) in [7, 11) is 1.67. The number of nitrogens with one attached hydrogen (secondary N) is 1. The first-order valence-electron chi connectivity index (χ1n) is 7.30. The number of rotatable bonds is 7. The number of thiazole rings is 1. The van der Waals surface area contributed by atoms with Crippen molar-refractivity contribution in [1.82, 2.24) is 4.98 Å². The van der Waals surface area contributed by atoms with Gasteiger partial charge in [-0.3, -0.25) is 4.99 Å². The van der Waals surface area contributed by atoms with Crippen molar-refractivity contribution in [2.75, 3.05) is 19.0 Å². The molecule has 5 nitrogen and oxygen atoms in total. The Labute approximate surface area is 158 Å². The Bertz CT molecular complexity index is 630. The van der Waals surface area contributed by atoms with E-state index in [-0.39, 0.29) is 24.0 Å². The third-order valence-corrected chi connectivity index (χ3v) is 4.34. The zero-order valence-electron chi connectivity index (χ0n) is 13.4. The number of halogens is 1. The summed E-state index contributed by atoms with van der Waals surface area (Å²) in [6.07, 6.45) is 3.78. The molecule has 1 aromatic heterocycles. The van der Waals surface area contributed by atoms with Crippen LogP contribution in [0.15, 0.2) is 35.5 Å². The molecule has 0 fully saturated rings. The average molecular weight is 446 g/mol. The van der Waals surface area contributed by atoms with Gasteiger partial charge >= 0.3 is 0 Å². The van der Waals surface area contributed by atoms with Gasteiger partial charge in [-0.25, -0.2) is 4.98 Å². The molecule has 0 saturated heterocycles. The van der Waals surface area contributed by atoms with Crippen LogP contribution in [0.2, 0.25) is 0 Å². The van der Waals surface area contributed by atoms with Gasteiger partial charge in [-0.15, -0.1) is 35.3 Å². The molecule has 0 bridgehead atoms. The number of aryl methyl sites for hydroxylation is 1. The van der Waals surface area contributed by atoms with E-state index in [1.165, 1.54) is 4.88 Å². The van der Waals surface area contributed by atoms with Crippen LogP contribution >= 0.6 is 35.3 Å². The number of hydrogen-bond donors (Lipinski definition) is 2. The second kappa shape index (κ2) is 10.6. The van der Waals surface area contributed by atoms with Crippen LogP contribution in [-0.2, 0) is 24.2 Å². The molecule has 0 aliphatic carbocycles. The number of benzene rings is 1. The van der Waals surface area contributed by atoms with Gasteiger partial charge < -0.3 is 15.8 Å². The van der Waals surface area contributed by atoms with Crippen molar-refractivity contribution in [3.8, 4) is 0 Å². The predicted octanol–water partition coefficient (Wildman–Crippen LogP) is 3.44. The van der Waals surface area contributed by atoms with Gasteiger partial charge in [0.25, 0.3) is 0 Å². The minimum atomic E-state index is 0. The van der Waals surface area contributed by atoms with E-state index in [1.807, 2.05) is 30.5 Å². The molecule has 0 atom stereocenters. The molecule has 1 heterocycles. The Balaban J connectivity index is 0.00000264. The SMILES string of the molecule is CCc1cnc(CCN=C(N)Nc2ccccc2COC)s1.I. The van der Waals surface area contributed by atoms with E-state index in [0.717, 1.165) is 29.1 Å². The number of hydrogen-bond acceptors (Lipinski definition) is 4. The van der Waals surface area contributed by atoms with Crippen molar-refractivity contribution in [3.63, 3.8) is 0 Å². The van der Waals surface area contributed by atoms with Gasteiger partial charge in [0.1, 0.15) is 0 Å². The molecule has 3 N–H and O–H groups in total. The van der Waals surface area contributed by atoms with Crippen LogP contribution < -0.4 is 11.1 Å². The summed E-state index contributed by atoms with van der Waals surface area (Å²) >= 11 is 1.74. The fourth-order valence-electron chi connectivity index (χ4n) is 2.00. The van der Waals surface area contributed by atoms with Gasteiger partial charge in [-0.1, -0.05) is 25.1 Å². The summed E-state index contributed by atoms with van der Waals surface area (Å²) in [5.74, 6) is 0.413. The molecule has 0 spiro atoms. The summed E-state index contributed by atoms with van der Waals surface area (Å²) in [5.41, 5.74) is 7.92. The number of aliphatic imine (C=N–C) groups is 1. The Kier molecular flexibility index (Phi) is 9.12. The van der Waals surface area contributed by atoms with E-state index in [1.54, 1.807) is 18.4 Å². The van der Waals surface area contributed by atoms with Crippen molar-refractivity contribution in [3.05, 3.63) is 45.9 Å². The van der Waals surface area contributed by atoms with Crippen molar-refractivity contribution in [2.45, 2.75) is 26.4 Å². The number of guanidine groups is 1. The molecular weight excluding hydrogens is 423 g/mol. The first-order valence-corrected chi connectivity index (χ1v) is 8.12. The van der Waals surface area contributed by atoms with E-state index in [4.69, 9.17) is 10.5 Å². The van der Waals surface area contributed by atoms with E-state index >= 15 is 0 Å². The lowest BCUT2D eigenvalue weighted by Gasteiger charge is -2.10. The minimum absolute atomic E-state index is 0. The third-order valence-electron chi connectivity index (χ3n) is 3.14. The lowest BCUT2D eigenvalue weighted by molar-refractivity contribution is 0.185. The van der Waals surface area contributed by atoms with E-state index in [2.05, 4.69) is 22.2 Å². The normalized spacial score (nSPS) is 11.1. The summed E-state index contributed by atoms with van der Waals surface area (Å²) in [6, 6.07) is 7.89. The molecule has 0 unspecified atom stereocenters. The Hall–Kier alpha value is -1.19. The summed E-state index contributed by atoms with van der Waals surface area (Å²) in [5, 5.41) is 4.23. The minimum Gasteiger partial charge on any atom is -0.380 e. The highest BCUT2D eigenvalue weighted by atomic mass is 127. The molecule has 2 rings (SSSR count). The number of ether oxygens (including phenoxy) is 1. The number of aromatic nitrogens is 1. The highest BCUT2D eigenvalue weighted by molar-refractivity contribution is 14.0. The summed E-state index contributed by atoms with van der Waals surface area (Å²) in [4.78, 5) is 10.0. The van der Waals surface area contributed by atoms with Crippen molar-refractivity contribution in [2.24, 2.45) is 10.7 Å². The Morgan fingerprint density at radius 3 is 2.87 bits per heavy atom. The zero-order chi connectivity index (χ0) is 15.8. The number of para-hydroxylation sites is 1.